The third-order valence-electron chi connectivity index (χ3n) is 12.2. The third-order valence-corrected chi connectivity index (χ3v) is 12.2. The van der Waals surface area contributed by atoms with Gasteiger partial charge in [-0.2, -0.15) is 0 Å². The van der Waals surface area contributed by atoms with E-state index in [1.54, 1.807) is 21.1 Å². The van der Waals surface area contributed by atoms with E-state index in [1.165, 1.54) is 116 Å². The van der Waals surface area contributed by atoms with Crippen LogP contribution in [0.15, 0.2) is 97.2 Å². The van der Waals surface area contributed by atoms with Gasteiger partial charge in [0.2, 0.25) is 0 Å². The standard InChI is InChI=1S/C62H105NO7/c1-6-8-10-12-14-16-18-20-22-24-26-28-30-32-34-36-38-40-42-44-46-48-50-52-60(64)69-57-58(56-68-55-54-59(62(66)67)63(3,4)5)70-61(65)53-51-49-47-45-43-41-39-37-35-33-31-29-27-25-23-21-19-17-15-13-11-9-7-2/h8,10,14,16,20,22,26,28,32-35,38,40,44,46,58-59H,6-7,9,11-13,15,17-19,21,23-25,27,29-31,36-37,39,41-43,45,47-57H2,1-5H3/b10-8+,16-14+,22-20+,28-26+,34-32+,35-33+,40-38+,46-44+. The van der Waals surface area contributed by atoms with Crippen LogP contribution >= 0.6 is 0 Å². The van der Waals surface area contributed by atoms with E-state index >= 15 is 0 Å². The lowest BCUT2D eigenvalue weighted by atomic mass is 10.0. The van der Waals surface area contributed by atoms with Crippen LogP contribution in [0.25, 0.3) is 0 Å². The molecule has 8 heteroatoms. The van der Waals surface area contributed by atoms with Crippen molar-refractivity contribution >= 4 is 17.9 Å². The molecule has 0 N–H and O–H groups in total. The van der Waals surface area contributed by atoms with Crippen molar-refractivity contribution < 1.29 is 38.2 Å². The molecule has 400 valence electrons. The SMILES string of the molecule is CC/C=C/C/C=C/C/C=C/C/C=C/C/C=C/C/C=C/C/C=C/CCCC(=O)OCC(COCCC(C(=O)[O-])[N+](C)(C)C)OC(=O)CCCCCCCCC/C=C/CCCCCCCCCCCCCC. The molecule has 0 saturated carbocycles. The Kier molecular flexibility index (Phi) is 48.8. The first-order valence-corrected chi connectivity index (χ1v) is 28.3. The van der Waals surface area contributed by atoms with Gasteiger partial charge in [0.05, 0.1) is 40.3 Å². The van der Waals surface area contributed by atoms with Crippen molar-refractivity contribution in [2.24, 2.45) is 0 Å². The Labute approximate surface area is 430 Å². The van der Waals surface area contributed by atoms with Gasteiger partial charge >= 0.3 is 11.9 Å². The van der Waals surface area contributed by atoms with Gasteiger partial charge in [0, 0.05) is 19.3 Å². The number of allylic oxidation sites excluding steroid dienone is 16. The molecule has 0 fully saturated rings. The first kappa shape index (κ1) is 66.2. The fraction of sp³-hybridized carbons (Fsp3) is 0.694. The number of hydrogen-bond acceptors (Lipinski definition) is 7. The van der Waals surface area contributed by atoms with Crippen LogP contribution < -0.4 is 5.11 Å². The number of likely N-dealkylation sites (N-methyl/N-ethyl adjacent to an activating group) is 1. The van der Waals surface area contributed by atoms with Crippen molar-refractivity contribution in [1.29, 1.82) is 0 Å². The highest BCUT2D eigenvalue weighted by Crippen LogP contribution is 2.15. The molecule has 0 aliphatic heterocycles. The first-order valence-electron chi connectivity index (χ1n) is 28.3. The Morgan fingerprint density at radius 1 is 0.443 bits per heavy atom. The maximum Gasteiger partial charge on any atom is 0.306 e. The number of carboxylic acid groups (broad SMARTS) is 1. The summed E-state index contributed by atoms with van der Waals surface area (Å²) in [5.74, 6) is -1.82. The molecular weight excluding hydrogens is 871 g/mol. The van der Waals surface area contributed by atoms with Crippen LogP contribution in [0.4, 0.5) is 0 Å². The van der Waals surface area contributed by atoms with Gasteiger partial charge < -0.3 is 28.6 Å². The molecule has 2 unspecified atom stereocenters. The number of hydrogen-bond donors (Lipinski definition) is 0. The van der Waals surface area contributed by atoms with Crippen LogP contribution in [0.1, 0.15) is 226 Å². The van der Waals surface area contributed by atoms with E-state index in [0.717, 1.165) is 70.6 Å². The Hall–Kier alpha value is -3.75. The lowest BCUT2D eigenvalue weighted by Gasteiger charge is -2.34. The van der Waals surface area contributed by atoms with Crippen LogP contribution in [-0.4, -0.2) is 75.5 Å². The monoisotopic (exact) mass is 976 g/mol. The molecule has 70 heavy (non-hydrogen) atoms. The highest BCUT2D eigenvalue weighted by Gasteiger charge is 2.25. The van der Waals surface area contributed by atoms with E-state index < -0.39 is 18.1 Å². The summed E-state index contributed by atoms with van der Waals surface area (Å²) in [7, 11) is 5.40. The fourth-order valence-electron chi connectivity index (χ4n) is 7.88. The normalized spacial score (nSPS) is 13.6. The molecule has 0 aliphatic rings. The Bertz CT molecular complexity index is 1460. The molecular formula is C62H105NO7. The van der Waals surface area contributed by atoms with Gasteiger partial charge in [-0.05, 0) is 89.9 Å². The number of carbonyl (C=O) groups is 3. The number of esters is 2. The summed E-state index contributed by atoms with van der Waals surface area (Å²) in [6.45, 7) is 4.50. The summed E-state index contributed by atoms with van der Waals surface area (Å²) in [5.41, 5.74) is 0. The van der Waals surface area contributed by atoms with Gasteiger partial charge in [0.15, 0.2) is 6.10 Å². The van der Waals surface area contributed by atoms with Gasteiger partial charge in [-0.1, -0.05) is 214 Å². The van der Waals surface area contributed by atoms with E-state index in [1.807, 2.05) is 0 Å². The lowest BCUT2D eigenvalue weighted by Crippen LogP contribution is -2.55. The summed E-state index contributed by atoms with van der Waals surface area (Å²) >= 11 is 0. The largest absolute Gasteiger partial charge is 0.544 e. The van der Waals surface area contributed by atoms with Crippen molar-refractivity contribution in [3.8, 4) is 0 Å². The summed E-state index contributed by atoms with van der Waals surface area (Å²) in [4.78, 5) is 37.1. The molecule has 0 aromatic heterocycles. The Morgan fingerprint density at radius 3 is 1.24 bits per heavy atom. The molecule has 8 nitrogen and oxygen atoms in total. The Morgan fingerprint density at radius 2 is 0.814 bits per heavy atom. The van der Waals surface area contributed by atoms with Crippen molar-refractivity contribution in [3.63, 3.8) is 0 Å². The molecule has 0 bridgehead atoms. The van der Waals surface area contributed by atoms with Gasteiger partial charge in [0.25, 0.3) is 0 Å². The predicted octanol–water partition coefficient (Wildman–Crippen LogP) is 15.6. The summed E-state index contributed by atoms with van der Waals surface area (Å²) in [6, 6.07) is -0.742. The molecule has 0 aromatic carbocycles. The van der Waals surface area contributed by atoms with Crippen molar-refractivity contribution in [2.45, 2.75) is 238 Å². The molecule has 0 aromatic rings. The molecule has 0 amide bonds. The zero-order chi connectivity index (χ0) is 51.3. The number of unbranched alkanes of at least 4 members (excludes halogenated alkanes) is 20. The van der Waals surface area contributed by atoms with E-state index in [0.29, 0.717) is 12.8 Å². The topological polar surface area (TPSA) is 102 Å². The maximum absolute atomic E-state index is 12.8. The van der Waals surface area contributed by atoms with Crippen molar-refractivity contribution in [1.82, 2.24) is 0 Å². The van der Waals surface area contributed by atoms with Crippen molar-refractivity contribution in [2.75, 3.05) is 41.0 Å². The number of ether oxygens (including phenoxy) is 3. The average Bonchev–Trinajstić information content (AvgIpc) is 3.33. The van der Waals surface area contributed by atoms with Gasteiger partial charge in [-0.25, -0.2) is 0 Å². The number of nitrogens with zero attached hydrogens (tertiary/aromatic N) is 1. The first-order chi connectivity index (χ1) is 34.1. The average molecular weight is 977 g/mol. The lowest BCUT2D eigenvalue weighted by molar-refractivity contribution is -0.889. The molecule has 0 aliphatic carbocycles. The third kappa shape index (κ3) is 49.2. The minimum absolute atomic E-state index is 0.0157. The van der Waals surface area contributed by atoms with Gasteiger partial charge in [-0.15, -0.1) is 0 Å². The zero-order valence-corrected chi connectivity index (χ0v) is 45.7. The predicted molar refractivity (Wildman–Crippen MR) is 295 cm³/mol. The number of rotatable bonds is 50. The zero-order valence-electron chi connectivity index (χ0n) is 45.7. The van der Waals surface area contributed by atoms with Crippen molar-refractivity contribution in [3.05, 3.63) is 97.2 Å². The fourth-order valence-corrected chi connectivity index (χ4v) is 7.88. The molecule has 0 radical (unpaired) electrons. The summed E-state index contributed by atoms with van der Waals surface area (Å²) in [5, 5.41) is 11.7. The van der Waals surface area contributed by atoms with E-state index in [2.05, 4.69) is 111 Å². The van der Waals surface area contributed by atoms with E-state index in [4.69, 9.17) is 14.2 Å². The second-order valence-electron chi connectivity index (χ2n) is 19.8. The van der Waals surface area contributed by atoms with Crippen LogP contribution in [0.2, 0.25) is 0 Å². The van der Waals surface area contributed by atoms with Crippen LogP contribution in [0.5, 0.6) is 0 Å². The maximum atomic E-state index is 12.8. The molecule has 0 heterocycles. The number of aliphatic carboxylic acids is 1. The summed E-state index contributed by atoms with van der Waals surface area (Å²) in [6.07, 6.45) is 70.3. The number of quaternary nitrogens is 1. The second kappa shape index (κ2) is 51.6. The number of carbonyl (C=O) groups excluding carboxylic acids is 3. The van der Waals surface area contributed by atoms with Gasteiger partial charge in [-0.3, -0.25) is 9.59 Å². The number of carboxylic acids is 1. The molecule has 2 atom stereocenters. The smallest absolute Gasteiger partial charge is 0.306 e. The minimum atomic E-state index is -1.14. The molecule has 0 saturated heterocycles. The quantitative estimate of drug-likeness (QED) is 0.0259. The second-order valence-corrected chi connectivity index (χ2v) is 19.8. The van der Waals surface area contributed by atoms with Crippen LogP contribution in [0.3, 0.4) is 0 Å². The summed E-state index contributed by atoms with van der Waals surface area (Å²) < 4.78 is 17.2. The van der Waals surface area contributed by atoms with Crippen LogP contribution in [0, 0.1) is 0 Å². The minimum Gasteiger partial charge on any atom is -0.544 e. The van der Waals surface area contributed by atoms with E-state index in [-0.39, 0.29) is 49.1 Å². The molecule has 0 rings (SSSR count). The van der Waals surface area contributed by atoms with Crippen LogP contribution in [-0.2, 0) is 28.6 Å². The highest BCUT2D eigenvalue weighted by atomic mass is 16.6. The molecule has 0 spiro atoms. The Balaban J connectivity index is 4.31. The van der Waals surface area contributed by atoms with E-state index in [9.17, 15) is 19.5 Å². The highest BCUT2D eigenvalue weighted by molar-refractivity contribution is 5.70. The van der Waals surface area contributed by atoms with Gasteiger partial charge in [0.1, 0.15) is 12.6 Å².